The number of fused-ring (bicyclic) bond motifs is 10. The monoisotopic (exact) mass is 652 g/mol. The zero-order valence-corrected chi connectivity index (χ0v) is 28.9. The Hall–Kier alpha value is -4.03. The number of carbonyl (C=O) groups excluding carboxylic acids is 1. The van der Waals surface area contributed by atoms with Crippen molar-refractivity contribution in [2.24, 2.45) is 17.3 Å². The molecule has 0 amide bonds. The van der Waals surface area contributed by atoms with E-state index in [0.717, 1.165) is 55.1 Å². The van der Waals surface area contributed by atoms with E-state index in [1.807, 2.05) is 20.8 Å². The SMILES string of the molecule is C=C(C)C1CC/C(C)=C/CC[C@@]2(C=O)C(CC3=C[C@@H]2C/C(C)=C\[C@@H](O)c2cc(O)c(cc2O)C/C(C)=C\CC3)Cc2cc(O)cc1c2O. The molecule has 256 valence electrons. The van der Waals surface area contributed by atoms with Crippen LogP contribution in [-0.2, 0) is 17.6 Å². The van der Waals surface area contributed by atoms with Gasteiger partial charge in [0.15, 0.2) is 0 Å². The van der Waals surface area contributed by atoms with Gasteiger partial charge in [-0.1, -0.05) is 58.7 Å². The molecule has 0 spiro atoms. The Balaban J connectivity index is 1.64. The van der Waals surface area contributed by atoms with Crippen molar-refractivity contribution < 1.29 is 30.3 Å². The molecule has 6 heteroatoms. The minimum absolute atomic E-state index is 0.0374. The fourth-order valence-electron chi connectivity index (χ4n) is 8.41. The normalized spacial score (nSPS) is 30.4. The molecule has 2 aromatic carbocycles. The topological polar surface area (TPSA) is 118 Å². The molecule has 4 aliphatic rings. The minimum atomic E-state index is -1.14. The van der Waals surface area contributed by atoms with Crippen LogP contribution in [0.4, 0.5) is 0 Å². The fraction of sp³-hybridized carbons (Fsp3) is 0.452. The number of hydrogen-bond donors (Lipinski definition) is 5. The first-order chi connectivity index (χ1) is 22.8. The minimum Gasteiger partial charge on any atom is -0.508 e. The maximum Gasteiger partial charge on any atom is 0.127 e. The summed E-state index contributed by atoms with van der Waals surface area (Å²) in [5.41, 5.74) is 6.74. The highest BCUT2D eigenvalue weighted by Gasteiger charge is 2.47. The molecule has 48 heavy (non-hydrogen) atoms. The Morgan fingerprint density at radius 2 is 1.58 bits per heavy atom. The summed E-state index contributed by atoms with van der Waals surface area (Å²) in [6.45, 7) is 12.3. The van der Waals surface area contributed by atoms with Crippen molar-refractivity contribution in [2.45, 2.75) is 104 Å². The highest BCUT2D eigenvalue weighted by Crippen LogP contribution is 2.52. The second kappa shape index (κ2) is 14.6. The highest BCUT2D eigenvalue weighted by atomic mass is 16.3. The van der Waals surface area contributed by atoms with E-state index in [0.29, 0.717) is 48.8 Å². The van der Waals surface area contributed by atoms with Gasteiger partial charge in [-0.3, -0.25) is 0 Å². The predicted molar refractivity (Wildman–Crippen MR) is 191 cm³/mol. The van der Waals surface area contributed by atoms with Crippen LogP contribution in [0.5, 0.6) is 23.0 Å². The molecule has 4 aliphatic carbocycles. The molecular weight excluding hydrogens is 600 g/mol. The summed E-state index contributed by atoms with van der Waals surface area (Å²) in [5.74, 6) is -0.166. The third-order valence-corrected chi connectivity index (χ3v) is 11.1. The molecule has 6 nitrogen and oxygen atoms in total. The van der Waals surface area contributed by atoms with Gasteiger partial charge in [-0.05, 0) is 134 Å². The molecule has 6 bridgehead atoms. The van der Waals surface area contributed by atoms with E-state index in [1.54, 1.807) is 18.2 Å². The molecule has 0 radical (unpaired) electrons. The lowest BCUT2D eigenvalue weighted by Crippen LogP contribution is -2.43. The number of carbonyl (C=O) groups is 1. The number of aliphatic hydroxyl groups is 1. The Bertz CT molecular complexity index is 1690. The molecule has 2 unspecified atom stereocenters. The highest BCUT2D eigenvalue weighted by molar-refractivity contribution is 5.63. The lowest BCUT2D eigenvalue weighted by molar-refractivity contribution is -0.123. The Morgan fingerprint density at radius 3 is 2.31 bits per heavy atom. The van der Waals surface area contributed by atoms with Crippen molar-refractivity contribution in [1.29, 1.82) is 0 Å². The van der Waals surface area contributed by atoms with Gasteiger partial charge in [0.2, 0.25) is 0 Å². The number of rotatable bonds is 2. The van der Waals surface area contributed by atoms with Crippen LogP contribution in [0.3, 0.4) is 0 Å². The molecule has 0 heterocycles. The average molecular weight is 653 g/mol. The Morgan fingerprint density at radius 1 is 0.833 bits per heavy atom. The number of aliphatic hydroxyl groups excluding tert-OH is 1. The van der Waals surface area contributed by atoms with E-state index in [9.17, 15) is 30.3 Å². The predicted octanol–water partition coefficient (Wildman–Crippen LogP) is 9.33. The first-order valence-corrected chi connectivity index (χ1v) is 17.4. The Kier molecular flexibility index (Phi) is 10.7. The first kappa shape index (κ1) is 35.3. The number of phenols is 4. The smallest absolute Gasteiger partial charge is 0.127 e. The van der Waals surface area contributed by atoms with E-state index >= 15 is 0 Å². The fourth-order valence-corrected chi connectivity index (χ4v) is 8.41. The molecule has 0 aliphatic heterocycles. The molecule has 0 aromatic heterocycles. The van der Waals surface area contributed by atoms with Crippen molar-refractivity contribution in [3.05, 3.63) is 105 Å². The molecular formula is C42H52O6. The van der Waals surface area contributed by atoms with Crippen LogP contribution in [0.25, 0.3) is 0 Å². The molecule has 5 atom stereocenters. The lowest BCUT2D eigenvalue weighted by Gasteiger charge is -2.46. The van der Waals surface area contributed by atoms with Gasteiger partial charge in [0.25, 0.3) is 0 Å². The Labute approximate surface area is 285 Å². The first-order valence-electron chi connectivity index (χ1n) is 17.4. The number of aldehydes is 1. The average Bonchev–Trinajstić information content (AvgIpc) is 3.01. The van der Waals surface area contributed by atoms with E-state index in [-0.39, 0.29) is 46.3 Å². The van der Waals surface area contributed by atoms with E-state index < -0.39 is 11.5 Å². The van der Waals surface area contributed by atoms with Crippen LogP contribution in [0.2, 0.25) is 0 Å². The van der Waals surface area contributed by atoms with E-state index in [1.165, 1.54) is 23.3 Å². The lowest BCUT2D eigenvalue weighted by atomic mass is 9.56. The van der Waals surface area contributed by atoms with Crippen LogP contribution in [0.15, 0.2) is 83.0 Å². The van der Waals surface area contributed by atoms with Crippen LogP contribution < -0.4 is 0 Å². The van der Waals surface area contributed by atoms with Crippen LogP contribution in [0.1, 0.15) is 113 Å². The van der Waals surface area contributed by atoms with E-state index in [2.05, 4.69) is 31.7 Å². The summed E-state index contributed by atoms with van der Waals surface area (Å²) < 4.78 is 0. The van der Waals surface area contributed by atoms with Gasteiger partial charge in [-0.15, -0.1) is 0 Å². The maximum atomic E-state index is 13.6. The maximum absolute atomic E-state index is 13.6. The van der Waals surface area contributed by atoms with Gasteiger partial charge in [-0.25, -0.2) is 0 Å². The van der Waals surface area contributed by atoms with Gasteiger partial charge in [-0.2, -0.15) is 0 Å². The standard InChI is InChI=1S/C42H52O6/c1-25(2)35-12-11-26(3)9-7-13-42(24-43)32-15-28(5)16-39(46)37-23-38(45)30(21-40(37)47)14-27(4)8-6-10-29(17-32)18-33(42)19-31-20-34(44)22-36(35)41(31)48/h8-9,16-17,20-24,32-33,35,39,44-48H,1,6-7,10-15,18-19H2,2-5H3/b26-9+,27-8-,28-16-/t32-,33?,35?,39+,42-/m0/s1. The number of hydrogen-bond acceptors (Lipinski definition) is 6. The van der Waals surface area contributed by atoms with Crippen LogP contribution in [-0.4, -0.2) is 31.8 Å². The molecule has 0 fully saturated rings. The molecule has 6 rings (SSSR count). The van der Waals surface area contributed by atoms with Crippen LogP contribution >= 0.6 is 0 Å². The second-order valence-electron chi connectivity index (χ2n) is 14.8. The van der Waals surface area contributed by atoms with Crippen molar-refractivity contribution >= 4 is 6.29 Å². The summed E-state index contributed by atoms with van der Waals surface area (Å²) in [6, 6.07) is 6.29. The quantitative estimate of drug-likeness (QED) is 0.125. The molecule has 0 saturated carbocycles. The summed E-state index contributed by atoms with van der Waals surface area (Å²) in [7, 11) is 0. The number of benzene rings is 2. The van der Waals surface area contributed by atoms with Gasteiger partial charge in [0.05, 0.1) is 0 Å². The van der Waals surface area contributed by atoms with Gasteiger partial charge < -0.3 is 30.3 Å². The van der Waals surface area contributed by atoms with Crippen molar-refractivity contribution in [1.82, 2.24) is 0 Å². The zero-order chi connectivity index (χ0) is 34.7. The number of aromatic hydroxyl groups is 4. The summed E-state index contributed by atoms with van der Waals surface area (Å²) in [5, 5.41) is 55.4. The van der Waals surface area contributed by atoms with Gasteiger partial charge in [0.1, 0.15) is 35.4 Å². The zero-order valence-electron chi connectivity index (χ0n) is 28.9. The molecule has 5 N–H and O–H groups in total. The second-order valence-corrected chi connectivity index (χ2v) is 14.8. The summed E-state index contributed by atoms with van der Waals surface area (Å²) >= 11 is 0. The third kappa shape index (κ3) is 7.49. The van der Waals surface area contributed by atoms with Crippen molar-refractivity contribution in [3.63, 3.8) is 0 Å². The van der Waals surface area contributed by atoms with Gasteiger partial charge in [0, 0.05) is 28.0 Å². The third-order valence-electron chi connectivity index (χ3n) is 11.1. The summed E-state index contributed by atoms with van der Waals surface area (Å²) in [4.78, 5) is 13.6. The van der Waals surface area contributed by atoms with Crippen molar-refractivity contribution in [2.75, 3.05) is 0 Å². The van der Waals surface area contributed by atoms with E-state index in [4.69, 9.17) is 0 Å². The van der Waals surface area contributed by atoms with Crippen molar-refractivity contribution in [3.8, 4) is 23.0 Å². The largest absolute Gasteiger partial charge is 0.508 e. The number of phenolic OH excluding ortho intramolecular Hbond substituents is 4. The molecule has 0 saturated heterocycles. The summed E-state index contributed by atoms with van der Waals surface area (Å²) in [6.07, 6.45) is 15.1. The van der Waals surface area contributed by atoms with Crippen LogP contribution in [0, 0.1) is 17.3 Å². The number of allylic oxidation sites excluding steroid dienone is 8. The van der Waals surface area contributed by atoms with Gasteiger partial charge >= 0.3 is 0 Å². The molecule has 2 aromatic rings.